The Hall–Kier alpha value is -4.24. The lowest BCUT2D eigenvalue weighted by Gasteiger charge is -2.14. The quantitative estimate of drug-likeness (QED) is 0.124. The SMILES string of the molecule is CC(N)=O.COCCOCC(=O)NC(C)C(=O)NCC(=O)NCC(=O)Nc1ccc(COC(=O)O)cc1. The molecule has 1 rings (SSSR count). The summed E-state index contributed by atoms with van der Waals surface area (Å²) in [4.78, 5) is 67.0. The van der Waals surface area contributed by atoms with Crippen LogP contribution in [0.3, 0.4) is 0 Å². The first kappa shape index (κ1) is 32.8. The molecule has 0 saturated carbocycles. The number of rotatable bonds is 14. The van der Waals surface area contributed by atoms with Crippen molar-refractivity contribution in [3.63, 3.8) is 0 Å². The number of amides is 5. The highest BCUT2D eigenvalue weighted by Gasteiger charge is 2.16. The summed E-state index contributed by atoms with van der Waals surface area (Å²) >= 11 is 0. The molecule has 0 aromatic heterocycles. The molecule has 15 nitrogen and oxygen atoms in total. The van der Waals surface area contributed by atoms with E-state index in [1.165, 1.54) is 21.0 Å². The third-order valence-corrected chi connectivity index (χ3v) is 3.91. The number of carbonyl (C=O) groups excluding carboxylic acids is 5. The Kier molecular flexibility index (Phi) is 16.8. The van der Waals surface area contributed by atoms with Crippen molar-refractivity contribution in [3.8, 4) is 0 Å². The zero-order valence-electron chi connectivity index (χ0n) is 20.8. The number of benzene rings is 1. The number of carbonyl (C=O) groups is 6. The van der Waals surface area contributed by atoms with Gasteiger partial charge in [-0.25, -0.2) is 4.79 Å². The molecule has 37 heavy (non-hydrogen) atoms. The van der Waals surface area contributed by atoms with E-state index in [0.717, 1.165) is 0 Å². The molecule has 1 unspecified atom stereocenters. The minimum atomic E-state index is -1.39. The maximum absolute atomic E-state index is 12.0. The highest BCUT2D eigenvalue weighted by Crippen LogP contribution is 2.10. The molecule has 0 fully saturated rings. The second-order valence-electron chi connectivity index (χ2n) is 7.24. The molecule has 0 heterocycles. The molecule has 0 radical (unpaired) electrons. The van der Waals surface area contributed by atoms with Gasteiger partial charge >= 0.3 is 6.16 Å². The lowest BCUT2D eigenvalue weighted by molar-refractivity contribution is -0.132. The van der Waals surface area contributed by atoms with Crippen molar-refractivity contribution in [1.29, 1.82) is 0 Å². The van der Waals surface area contributed by atoms with Crippen LogP contribution in [0.2, 0.25) is 0 Å². The van der Waals surface area contributed by atoms with Crippen LogP contribution >= 0.6 is 0 Å². The highest BCUT2D eigenvalue weighted by molar-refractivity contribution is 5.95. The van der Waals surface area contributed by atoms with Gasteiger partial charge in [0.25, 0.3) is 0 Å². The molecule has 15 heteroatoms. The smallest absolute Gasteiger partial charge is 0.450 e. The van der Waals surface area contributed by atoms with Crippen LogP contribution in [0.15, 0.2) is 24.3 Å². The fourth-order valence-corrected chi connectivity index (χ4v) is 2.25. The van der Waals surface area contributed by atoms with Crippen LogP contribution in [0.5, 0.6) is 0 Å². The summed E-state index contributed by atoms with van der Waals surface area (Å²) in [5.74, 6) is -2.50. The zero-order valence-corrected chi connectivity index (χ0v) is 20.8. The normalized spacial score (nSPS) is 10.6. The van der Waals surface area contributed by atoms with Gasteiger partial charge in [-0.05, 0) is 24.6 Å². The van der Waals surface area contributed by atoms with E-state index in [4.69, 9.17) is 14.6 Å². The second kappa shape index (κ2) is 19.0. The van der Waals surface area contributed by atoms with Gasteiger partial charge in [0.05, 0.1) is 26.3 Å². The van der Waals surface area contributed by atoms with Crippen molar-refractivity contribution in [2.24, 2.45) is 5.73 Å². The number of anilines is 1. The molecule has 7 N–H and O–H groups in total. The molecule has 5 amide bonds. The molecule has 1 aromatic rings. The molecule has 0 spiro atoms. The third-order valence-electron chi connectivity index (χ3n) is 3.91. The van der Waals surface area contributed by atoms with Crippen molar-refractivity contribution in [2.45, 2.75) is 26.5 Å². The maximum Gasteiger partial charge on any atom is 0.506 e. The maximum atomic E-state index is 12.0. The lowest BCUT2D eigenvalue weighted by Crippen LogP contribution is -2.48. The molecular weight excluding hydrogens is 494 g/mol. The van der Waals surface area contributed by atoms with Crippen molar-refractivity contribution in [2.75, 3.05) is 45.3 Å². The standard InChI is InChI=1S/C20H28N4O9.C2H5NO/c1-13(23-18(27)12-32-8-7-31-2)19(28)22-9-16(25)21-10-17(26)24-15-5-3-14(4-6-15)11-33-20(29)30;1-2(3)4/h3-6,13H,7-12H2,1-2H3,(H,21,25)(H,22,28)(H,23,27)(H,24,26)(H,29,30);1H3,(H2,3,4). The van der Waals surface area contributed by atoms with Crippen molar-refractivity contribution < 1.29 is 48.1 Å². The van der Waals surface area contributed by atoms with Gasteiger partial charge in [0.2, 0.25) is 29.5 Å². The van der Waals surface area contributed by atoms with Crippen molar-refractivity contribution in [1.82, 2.24) is 16.0 Å². The van der Waals surface area contributed by atoms with Crippen molar-refractivity contribution in [3.05, 3.63) is 29.8 Å². The molecule has 0 saturated heterocycles. The minimum Gasteiger partial charge on any atom is -0.450 e. The molecule has 1 atom stereocenters. The summed E-state index contributed by atoms with van der Waals surface area (Å²) in [5, 5.41) is 18.1. The molecular formula is C22H33N5O10. The van der Waals surface area contributed by atoms with Crippen LogP contribution in [0, 0.1) is 0 Å². The van der Waals surface area contributed by atoms with Gasteiger partial charge in [0.1, 0.15) is 19.3 Å². The first-order valence-electron chi connectivity index (χ1n) is 10.9. The summed E-state index contributed by atoms with van der Waals surface area (Å²) in [6, 6.07) is 5.39. The van der Waals surface area contributed by atoms with Gasteiger partial charge in [0, 0.05) is 19.7 Å². The average Bonchev–Trinajstić information content (AvgIpc) is 2.83. The van der Waals surface area contributed by atoms with Gasteiger partial charge < -0.3 is 46.3 Å². The number of hydrogen-bond acceptors (Lipinski definition) is 9. The van der Waals surface area contributed by atoms with Crippen LogP contribution in [0.1, 0.15) is 19.4 Å². The fourth-order valence-electron chi connectivity index (χ4n) is 2.25. The largest absolute Gasteiger partial charge is 0.506 e. The summed E-state index contributed by atoms with van der Waals surface area (Å²) in [5.41, 5.74) is 5.51. The van der Waals surface area contributed by atoms with Gasteiger partial charge in [0.15, 0.2) is 0 Å². The van der Waals surface area contributed by atoms with E-state index in [-0.39, 0.29) is 38.8 Å². The highest BCUT2D eigenvalue weighted by atomic mass is 16.7. The van der Waals surface area contributed by atoms with E-state index in [1.54, 1.807) is 24.3 Å². The minimum absolute atomic E-state index is 0.115. The molecule has 0 aliphatic heterocycles. The zero-order chi connectivity index (χ0) is 28.2. The third kappa shape index (κ3) is 18.7. The fraction of sp³-hybridized carbons (Fsp3) is 0.455. The van der Waals surface area contributed by atoms with Gasteiger partial charge in [-0.3, -0.25) is 24.0 Å². The van der Waals surface area contributed by atoms with Gasteiger partial charge in [-0.1, -0.05) is 12.1 Å². The Bertz CT molecular complexity index is 904. The molecule has 206 valence electrons. The van der Waals surface area contributed by atoms with Crippen LogP contribution in [0.4, 0.5) is 10.5 Å². The van der Waals surface area contributed by atoms with E-state index in [0.29, 0.717) is 17.9 Å². The number of hydrogen-bond donors (Lipinski definition) is 6. The van der Waals surface area contributed by atoms with E-state index >= 15 is 0 Å². The molecule has 0 aliphatic rings. The first-order valence-corrected chi connectivity index (χ1v) is 10.9. The first-order chi connectivity index (χ1) is 17.4. The summed E-state index contributed by atoms with van der Waals surface area (Å²) in [7, 11) is 1.50. The van der Waals surface area contributed by atoms with Crippen LogP contribution in [0.25, 0.3) is 0 Å². The Morgan fingerprint density at radius 3 is 2.11 bits per heavy atom. The number of methoxy groups -OCH3 is 1. The van der Waals surface area contributed by atoms with Gasteiger partial charge in [-0.15, -0.1) is 0 Å². The summed E-state index contributed by atoms with van der Waals surface area (Å²) in [6.07, 6.45) is -1.39. The number of carboxylic acid groups (broad SMARTS) is 1. The Labute approximate surface area is 213 Å². The van der Waals surface area contributed by atoms with Crippen molar-refractivity contribution >= 4 is 41.4 Å². The van der Waals surface area contributed by atoms with E-state index < -0.39 is 35.8 Å². The van der Waals surface area contributed by atoms with E-state index in [1.807, 2.05) is 0 Å². The van der Waals surface area contributed by atoms with E-state index in [2.05, 4.69) is 31.7 Å². The topological polar surface area (TPSA) is 224 Å². The number of ether oxygens (including phenoxy) is 3. The van der Waals surface area contributed by atoms with E-state index in [9.17, 15) is 28.8 Å². The molecule has 0 aliphatic carbocycles. The molecule has 0 bridgehead atoms. The predicted octanol–water partition coefficient (Wildman–Crippen LogP) is -1.29. The number of nitrogens with one attached hydrogen (secondary N) is 4. The summed E-state index contributed by atoms with van der Waals surface area (Å²) in [6.45, 7) is 2.29. The average molecular weight is 528 g/mol. The molecule has 1 aromatic carbocycles. The lowest BCUT2D eigenvalue weighted by atomic mass is 10.2. The van der Waals surface area contributed by atoms with Crippen LogP contribution in [-0.2, 0) is 44.8 Å². The number of nitrogens with two attached hydrogens (primary N) is 1. The Balaban J connectivity index is 0.00000300. The Morgan fingerprint density at radius 2 is 1.54 bits per heavy atom. The summed E-state index contributed by atoms with van der Waals surface area (Å²) < 4.78 is 14.2. The van der Waals surface area contributed by atoms with Gasteiger partial charge in [-0.2, -0.15) is 0 Å². The Morgan fingerprint density at radius 1 is 0.946 bits per heavy atom. The number of primary amides is 1. The van der Waals surface area contributed by atoms with Crippen LogP contribution in [-0.4, -0.2) is 86.9 Å². The predicted molar refractivity (Wildman–Crippen MR) is 129 cm³/mol. The van der Waals surface area contributed by atoms with Crippen LogP contribution < -0.4 is 27.0 Å². The second-order valence-corrected chi connectivity index (χ2v) is 7.24. The monoisotopic (exact) mass is 527 g/mol.